The van der Waals surface area contributed by atoms with Crippen LogP contribution in [0.5, 0.6) is 5.75 Å². The molecule has 0 saturated heterocycles. The molecule has 3 rings (SSSR count). The Labute approximate surface area is 143 Å². The van der Waals surface area contributed by atoms with Crippen molar-refractivity contribution >= 4 is 5.69 Å². The SMILES string of the molecule is COc1cccc(CN2CCC(CO)N(C)c3cccnc3C2)c1. The predicted octanol–water partition coefficient (Wildman–Crippen LogP) is 2.29. The summed E-state index contributed by atoms with van der Waals surface area (Å²) in [5, 5.41) is 9.75. The molecule has 1 aliphatic rings. The van der Waals surface area contributed by atoms with Gasteiger partial charge in [-0.3, -0.25) is 9.88 Å². The fraction of sp³-hybridized carbons (Fsp3) is 0.421. The van der Waals surface area contributed by atoms with E-state index in [0.717, 1.165) is 43.2 Å². The number of aliphatic hydroxyl groups excluding tert-OH is 1. The molecule has 1 unspecified atom stereocenters. The van der Waals surface area contributed by atoms with Gasteiger partial charge in [0.25, 0.3) is 0 Å². The minimum atomic E-state index is 0.112. The molecule has 1 aromatic heterocycles. The summed E-state index contributed by atoms with van der Waals surface area (Å²) in [5.41, 5.74) is 3.38. The highest BCUT2D eigenvalue weighted by Crippen LogP contribution is 2.25. The Balaban J connectivity index is 1.83. The van der Waals surface area contributed by atoms with Gasteiger partial charge in [0.15, 0.2) is 0 Å². The minimum absolute atomic E-state index is 0.112. The van der Waals surface area contributed by atoms with Gasteiger partial charge in [0, 0.05) is 32.9 Å². The Morgan fingerprint density at radius 1 is 1.29 bits per heavy atom. The molecule has 1 aliphatic heterocycles. The van der Waals surface area contributed by atoms with E-state index in [0.29, 0.717) is 0 Å². The summed E-state index contributed by atoms with van der Waals surface area (Å²) in [7, 11) is 3.73. The van der Waals surface area contributed by atoms with Gasteiger partial charge < -0.3 is 14.7 Å². The smallest absolute Gasteiger partial charge is 0.119 e. The van der Waals surface area contributed by atoms with Crippen molar-refractivity contribution in [2.45, 2.75) is 25.6 Å². The van der Waals surface area contributed by atoms with Gasteiger partial charge in [0.05, 0.1) is 31.1 Å². The van der Waals surface area contributed by atoms with E-state index in [1.807, 2.05) is 31.4 Å². The lowest BCUT2D eigenvalue weighted by molar-refractivity contribution is 0.204. The summed E-state index contributed by atoms with van der Waals surface area (Å²) in [6.45, 7) is 2.71. The maximum atomic E-state index is 9.75. The van der Waals surface area contributed by atoms with Gasteiger partial charge in [-0.2, -0.15) is 0 Å². The van der Waals surface area contributed by atoms with E-state index in [1.165, 1.54) is 5.56 Å². The molecular weight excluding hydrogens is 302 g/mol. The Hall–Kier alpha value is -2.11. The first-order valence-electron chi connectivity index (χ1n) is 8.34. The summed E-state index contributed by atoms with van der Waals surface area (Å²) in [5.74, 6) is 0.881. The van der Waals surface area contributed by atoms with Crippen LogP contribution in [0.1, 0.15) is 17.7 Å². The Kier molecular flexibility index (Phi) is 5.33. The molecule has 0 fully saturated rings. The van der Waals surface area contributed by atoms with Gasteiger partial charge in [-0.15, -0.1) is 0 Å². The number of aliphatic hydroxyl groups is 1. The number of nitrogens with zero attached hydrogens (tertiary/aromatic N) is 3. The van der Waals surface area contributed by atoms with Crippen molar-refractivity contribution in [3.63, 3.8) is 0 Å². The maximum Gasteiger partial charge on any atom is 0.119 e. The molecule has 0 bridgehead atoms. The van der Waals surface area contributed by atoms with E-state index in [1.54, 1.807) is 7.11 Å². The first kappa shape index (κ1) is 16.7. The third-order valence-electron chi connectivity index (χ3n) is 4.70. The highest BCUT2D eigenvalue weighted by Gasteiger charge is 2.23. The molecule has 2 heterocycles. The second-order valence-corrected chi connectivity index (χ2v) is 6.27. The van der Waals surface area contributed by atoms with Crippen molar-refractivity contribution < 1.29 is 9.84 Å². The Morgan fingerprint density at radius 3 is 2.96 bits per heavy atom. The molecule has 0 radical (unpaired) electrons. The van der Waals surface area contributed by atoms with Gasteiger partial charge in [-0.05, 0) is 36.2 Å². The van der Waals surface area contributed by atoms with Crippen LogP contribution in [0.2, 0.25) is 0 Å². The number of ether oxygens (including phenoxy) is 1. The van der Waals surface area contributed by atoms with Crippen LogP contribution >= 0.6 is 0 Å². The average Bonchev–Trinajstić information content (AvgIpc) is 2.61. The van der Waals surface area contributed by atoms with Crippen molar-refractivity contribution in [3.05, 3.63) is 53.9 Å². The number of methoxy groups -OCH3 is 1. The fourth-order valence-corrected chi connectivity index (χ4v) is 3.26. The number of benzene rings is 1. The van der Waals surface area contributed by atoms with Gasteiger partial charge in [0.1, 0.15) is 5.75 Å². The van der Waals surface area contributed by atoms with Crippen LogP contribution in [0, 0.1) is 0 Å². The van der Waals surface area contributed by atoms with Crippen LogP contribution < -0.4 is 9.64 Å². The van der Waals surface area contributed by atoms with Crippen LogP contribution in [-0.2, 0) is 13.1 Å². The van der Waals surface area contributed by atoms with E-state index in [4.69, 9.17) is 4.74 Å². The van der Waals surface area contributed by atoms with Crippen molar-refractivity contribution in [2.24, 2.45) is 0 Å². The topological polar surface area (TPSA) is 48.8 Å². The zero-order chi connectivity index (χ0) is 16.9. The van der Waals surface area contributed by atoms with Gasteiger partial charge in [-0.25, -0.2) is 0 Å². The number of fused-ring (bicyclic) bond motifs is 1. The summed E-state index contributed by atoms with van der Waals surface area (Å²) in [6, 6.07) is 12.3. The van der Waals surface area contributed by atoms with Crippen molar-refractivity contribution in [3.8, 4) is 5.75 Å². The number of rotatable bonds is 4. The fourth-order valence-electron chi connectivity index (χ4n) is 3.26. The summed E-state index contributed by atoms with van der Waals surface area (Å²) >= 11 is 0. The monoisotopic (exact) mass is 327 g/mol. The molecule has 0 spiro atoms. The van der Waals surface area contributed by atoms with Gasteiger partial charge >= 0.3 is 0 Å². The summed E-state index contributed by atoms with van der Waals surface area (Å²) < 4.78 is 5.32. The number of pyridine rings is 1. The molecule has 1 aromatic carbocycles. The van der Waals surface area contributed by atoms with Crippen LogP contribution in [0.15, 0.2) is 42.6 Å². The molecule has 0 amide bonds. The number of hydrogen-bond donors (Lipinski definition) is 1. The molecule has 1 N–H and O–H groups in total. The number of likely N-dealkylation sites (N-methyl/N-ethyl adjacent to an activating group) is 1. The molecule has 5 heteroatoms. The molecular formula is C19H25N3O2. The average molecular weight is 327 g/mol. The lowest BCUT2D eigenvalue weighted by Gasteiger charge is -2.35. The second kappa shape index (κ2) is 7.64. The molecule has 5 nitrogen and oxygen atoms in total. The lowest BCUT2D eigenvalue weighted by atomic mass is 10.1. The molecule has 128 valence electrons. The normalized spacial score (nSPS) is 18.6. The Morgan fingerprint density at radius 2 is 2.17 bits per heavy atom. The first-order valence-corrected chi connectivity index (χ1v) is 8.34. The highest BCUT2D eigenvalue weighted by atomic mass is 16.5. The third-order valence-corrected chi connectivity index (χ3v) is 4.70. The molecule has 1 atom stereocenters. The van der Waals surface area contributed by atoms with Crippen LogP contribution in [-0.4, -0.2) is 48.3 Å². The van der Waals surface area contributed by atoms with Crippen LogP contribution in [0.25, 0.3) is 0 Å². The second-order valence-electron chi connectivity index (χ2n) is 6.27. The van der Waals surface area contributed by atoms with Gasteiger partial charge in [0.2, 0.25) is 0 Å². The van der Waals surface area contributed by atoms with Crippen LogP contribution in [0.4, 0.5) is 5.69 Å². The summed E-state index contributed by atoms with van der Waals surface area (Å²) in [4.78, 5) is 9.12. The summed E-state index contributed by atoms with van der Waals surface area (Å²) in [6.07, 6.45) is 2.76. The molecule has 0 aliphatic carbocycles. The minimum Gasteiger partial charge on any atom is -0.497 e. The number of hydrogen-bond acceptors (Lipinski definition) is 5. The molecule has 24 heavy (non-hydrogen) atoms. The number of anilines is 1. The maximum absolute atomic E-state index is 9.75. The predicted molar refractivity (Wildman–Crippen MR) is 95.2 cm³/mol. The zero-order valence-electron chi connectivity index (χ0n) is 14.4. The standard InChI is InChI=1S/C19H25N3O2/c1-21-16(14-23)8-10-22(13-18-19(21)7-4-9-20-18)12-15-5-3-6-17(11-15)24-2/h3-7,9,11,16,23H,8,10,12-14H2,1-2H3. The quantitative estimate of drug-likeness (QED) is 0.934. The molecule has 0 saturated carbocycles. The van der Waals surface area contributed by atoms with E-state index in [-0.39, 0.29) is 12.6 Å². The van der Waals surface area contributed by atoms with Gasteiger partial charge in [-0.1, -0.05) is 12.1 Å². The first-order chi connectivity index (χ1) is 11.7. The van der Waals surface area contributed by atoms with E-state index in [2.05, 4.69) is 33.0 Å². The number of aromatic nitrogens is 1. The van der Waals surface area contributed by atoms with E-state index < -0.39 is 0 Å². The van der Waals surface area contributed by atoms with Crippen molar-refractivity contribution in [2.75, 3.05) is 32.2 Å². The third kappa shape index (κ3) is 3.68. The largest absolute Gasteiger partial charge is 0.497 e. The van der Waals surface area contributed by atoms with Crippen molar-refractivity contribution in [1.82, 2.24) is 9.88 Å². The van der Waals surface area contributed by atoms with Crippen LogP contribution in [0.3, 0.4) is 0 Å². The van der Waals surface area contributed by atoms with Crippen molar-refractivity contribution in [1.29, 1.82) is 0 Å². The van der Waals surface area contributed by atoms with E-state index in [9.17, 15) is 5.11 Å². The zero-order valence-corrected chi connectivity index (χ0v) is 14.4. The lowest BCUT2D eigenvalue weighted by Crippen LogP contribution is -2.41. The Bertz CT molecular complexity index is 677. The van der Waals surface area contributed by atoms with E-state index >= 15 is 0 Å². The molecule has 2 aromatic rings. The highest BCUT2D eigenvalue weighted by molar-refractivity contribution is 5.51.